The maximum Gasteiger partial charge on any atom is 0.224 e. The molecule has 0 saturated carbocycles. The Hall–Kier alpha value is -4.93. The molecule has 178 valence electrons. The number of aromatic nitrogens is 8. The summed E-state index contributed by atoms with van der Waals surface area (Å²) in [6, 6.07) is 6.65. The second-order valence-corrected chi connectivity index (χ2v) is 8.35. The first-order valence-electron chi connectivity index (χ1n) is 11.3. The number of pyridine rings is 2. The summed E-state index contributed by atoms with van der Waals surface area (Å²) in [5.74, 6) is -0.0964. The zero-order valence-electron chi connectivity index (χ0n) is 19.4. The molecule has 6 aromatic rings. The molecule has 0 radical (unpaired) electrons. The van der Waals surface area contributed by atoms with Gasteiger partial charge in [-0.1, -0.05) is 6.92 Å². The number of amides is 1. The molecule has 0 aliphatic rings. The van der Waals surface area contributed by atoms with Crippen LogP contribution in [-0.4, -0.2) is 45.6 Å². The summed E-state index contributed by atoms with van der Waals surface area (Å²) in [6.07, 6.45) is 8.74. The molecule has 0 atom stereocenters. The fourth-order valence-electron chi connectivity index (χ4n) is 4.12. The lowest BCUT2D eigenvalue weighted by atomic mass is 10.0. The summed E-state index contributed by atoms with van der Waals surface area (Å²) in [7, 11) is 0. The van der Waals surface area contributed by atoms with Crippen molar-refractivity contribution in [2.75, 3.05) is 5.32 Å². The Morgan fingerprint density at radius 1 is 1.19 bits per heavy atom. The highest BCUT2D eigenvalue weighted by molar-refractivity contribution is 5.97. The Balaban J connectivity index is 1.46. The van der Waals surface area contributed by atoms with Crippen molar-refractivity contribution >= 4 is 33.7 Å². The minimum Gasteiger partial charge on any atom is -0.333 e. The van der Waals surface area contributed by atoms with Crippen LogP contribution in [0.1, 0.15) is 19.0 Å². The highest BCUT2D eigenvalue weighted by Crippen LogP contribution is 2.33. The number of nitrogens with zero attached hydrogens (tertiary/aromatic N) is 6. The molecule has 0 spiro atoms. The average Bonchev–Trinajstić information content (AvgIpc) is 3.60. The van der Waals surface area contributed by atoms with Gasteiger partial charge >= 0.3 is 0 Å². The van der Waals surface area contributed by atoms with Gasteiger partial charge in [-0.05, 0) is 25.1 Å². The first-order chi connectivity index (χ1) is 17.5. The van der Waals surface area contributed by atoms with Gasteiger partial charge < -0.3 is 14.9 Å². The smallest absolute Gasteiger partial charge is 0.224 e. The van der Waals surface area contributed by atoms with Crippen molar-refractivity contribution in [1.29, 1.82) is 0 Å². The zero-order valence-corrected chi connectivity index (χ0v) is 19.4. The van der Waals surface area contributed by atoms with Crippen molar-refractivity contribution in [1.82, 2.24) is 39.7 Å². The Morgan fingerprint density at radius 3 is 2.89 bits per heavy atom. The number of aryl methyl sites for hydroxylation is 1. The first-order valence-corrected chi connectivity index (χ1v) is 11.3. The van der Waals surface area contributed by atoms with Gasteiger partial charge in [0.1, 0.15) is 17.0 Å². The van der Waals surface area contributed by atoms with Crippen molar-refractivity contribution in [2.45, 2.75) is 20.3 Å². The molecular formula is C25H20FN9O. The van der Waals surface area contributed by atoms with Gasteiger partial charge in [0.2, 0.25) is 5.91 Å². The van der Waals surface area contributed by atoms with Crippen LogP contribution in [0.5, 0.6) is 0 Å². The van der Waals surface area contributed by atoms with Gasteiger partial charge in [0.15, 0.2) is 11.5 Å². The molecule has 3 N–H and O–H groups in total. The number of benzene rings is 1. The maximum atomic E-state index is 15.1. The van der Waals surface area contributed by atoms with Gasteiger partial charge in [-0.2, -0.15) is 5.10 Å². The lowest BCUT2D eigenvalue weighted by Crippen LogP contribution is -2.09. The number of aromatic amines is 2. The molecule has 0 aliphatic carbocycles. The van der Waals surface area contributed by atoms with Gasteiger partial charge in [-0.25, -0.2) is 19.3 Å². The molecule has 0 fully saturated rings. The van der Waals surface area contributed by atoms with Crippen LogP contribution in [0.15, 0.2) is 55.4 Å². The van der Waals surface area contributed by atoms with Gasteiger partial charge in [-0.3, -0.25) is 14.9 Å². The van der Waals surface area contributed by atoms with Crippen LogP contribution in [0.25, 0.3) is 50.4 Å². The third kappa shape index (κ3) is 3.66. The van der Waals surface area contributed by atoms with Crippen LogP contribution >= 0.6 is 0 Å². The van der Waals surface area contributed by atoms with E-state index in [2.05, 4.69) is 40.4 Å². The lowest BCUT2D eigenvalue weighted by molar-refractivity contribution is -0.115. The summed E-state index contributed by atoms with van der Waals surface area (Å²) >= 11 is 0. The molecule has 5 aromatic heterocycles. The largest absolute Gasteiger partial charge is 0.333 e. The van der Waals surface area contributed by atoms with E-state index in [0.717, 1.165) is 16.9 Å². The molecule has 10 nitrogen and oxygen atoms in total. The number of nitrogens with one attached hydrogen (secondary N) is 3. The molecule has 0 saturated heterocycles. The molecule has 0 aliphatic heterocycles. The first kappa shape index (κ1) is 21.6. The molecule has 0 bridgehead atoms. The van der Waals surface area contributed by atoms with E-state index in [-0.39, 0.29) is 5.91 Å². The normalized spacial score (nSPS) is 11.4. The number of hydrogen-bond acceptors (Lipinski definition) is 6. The van der Waals surface area contributed by atoms with E-state index in [1.54, 1.807) is 37.8 Å². The third-order valence-corrected chi connectivity index (χ3v) is 5.89. The van der Waals surface area contributed by atoms with Crippen LogP contribution in [0.2, 0.25) is 0 Å². The van der Waals surface area contributed by atoms with E-state index in [0.29, 0.717) is 51.3 Å². The van der Waals surface area contributed by atoms with Crippen LogP contribution < -0.4 is 5.32 Å². The van der Waals surface area contributed by atoms with E-state index in [4.69, 9.17) is 0 Å². The van der Waals surface area contributed by atoms with E-state index in [1.165, 1.54) is 12.3 Å². The van der Waals surface area contributed by atoms with Crippen molar-refractivity contribution < 1.29 is 9.18 Å². The molecule has 11 heteroatoms. The van der Waals surface area contributed by atoms with E-state index >= 15 is 4.39 Å². The van der Waals surface area contributed by atoms with Gasteiger partial charge in [-0.15, -0.1) is 0 Å². The number of anilines is 1. The van der Waals surface area contributed by atoms with Crippen molar-refractivity contribution in [3.8, 4) is 28.3 Å². The Morgan fingerprint density at radius 2 is 2.08 bits per heavy atom. The number of rotatable bonds is 5. The van der Waals surface area contributed by atoms with Crippen LogP contribution in [0.3, 0.4) is 0 Å². The van der Waals surface area contributed by atoms with E-state index < -0.39 is 5.82 Å². The summed E-state index contributed by atoms with van der Waals surface area (Å²) in [5.41, 5.74) is 5.39. The predicted molar refractivity (Wildman–Crippen MR) is 133 cm³/mol. The summed E-state index contributed by atoms with van der Waals surface area (Å²) < 4.78 is 17.0. The topological polar surface area (TPSA) is 130 Å². The lowest BCUT2D eigenvalue weighted by Gasteiger charge is -2.08. The monoisotopic (exact) mass is 481 g/mol. The number of H-pyrrole nitrogens is 2. The Bertz CT molecular complexity index is 1760. The summed E-state index contributed by atoms with van der Waals surface area (Å²) in [5, 5.41) is 10.7. The van der Waals surface area contributed by atoms with E-state index in [1.807, 2.05) is 23.8 Å². The number of halogens is 1. The molecule has 1 amide bonds. The quantitative estimate of drug-likeness (QED) is 0.331. The molecular weight excluding hydrogens is 461 g/mol. The van der Waals surface area contributed by atoms with Gasteiger partial charge in [0, 0.05) is 47.6 Å². The minimum atomic E-state index is -0.442. The fourth-order valence-corrected chi connectivity index (χ4v) is 4.12. The van der Waals surface area contributed by atoms with E-state index in [9.17, 15) is 4.79 Å². The van der Waals surface area contributed by atoms with Crippen LogP contribution in [0, 0.1) is 12.7 Å². The third-order valence-electron chi connectivity index (χ3n) is 5.89. The molecule has 1 aromatic carbocycles. The second-order valence-electron chi connectivity index (χ2n) is 8.35. The number of carbonyl (C=O) groups excluding carboxylic acids is 1. The molecule has 0 unspecified atom stereocenters. The standard InChI is InChI=1S/C25H20FN9O/c1-3-21(36)30-15-6-14(9-27-10-15)16-7-17-19(8-18(16)26)33-34-22(17)25-31-23-20(4-5-28-24(23)32-25)35-11-13(2)29-12-35/h4-12H,3H2,1-2H3,(H,30,36)(H,33,34)(H,28,31,32). The number of hydrogen-bond donors (Lipinski definition) is 3. The summed E-state index contributed by atoms with van der Waals surface area (Å²) in [4.78, 5) is 32.6. The van der Waals surface area contributed by atoms with Crippen molar-refractivity contribution in [2.24, 2.45) is 0 Å². The average molecular weight is 481 g/mol. The van der Waals surface area contributed by atoms with Gasteiger partial charge in [0.25, 0.3) is 0 Å². The predicted octanol–water partition coefficient (Wildman–Crippen LogP) is 4.54. The Kier molecular flexibility index (Phi) is 5.03. The highest BCUT2D eigenvalue weighted by Gasteiger charge is 2.18. The van der Waals surface area contributed by atoms with Gasteiger partial charge in [0.05, 0.1) is 35.1 Å². The maximum absolute atomic E-state index is 15.1. The number of carbonyl (C=O) groups is 1. The van der Waals surface area contributed by atoms with Crippen molar-refractivity contribution in [3.05, 3.63) is 66.9 Å². The molecule has 5 heterocycles. The Labute approximate surface area is 203 Å². The van der Waals surface area contributed by atoms with Crippen LogP contribution in [0.4, 0.5) is 10.1 Å². The minimum absolute atomic E-state index is 0.147. The number of imidazole rings is 2. The molecule has 6 rings (SSSR count). The SMILES string of the molecule is CCC(=O)Nc1cncc(-c2cc3c(-c4nc5nccc(-n6cnc(C)c6)c5[nH]4)n[nH]c3cc2F)c1. The second kappa shape index (κ2) is 8.38. The molecule has 36 heavy (non-hydrogen) atoms. The van der Waals surface area contributed by atoms with Crippen LogP contribution in [-0.2, 0) is 4.79 Å². The van der Waals surface area contributed by atoms with Crippen molar-refractivity contribution in [3.63, 3.8) is 0 Å². The number of fused-ring (bicyclic) bond motifs is 2. The summed E-state index contributed by atoms with van der Waals surface area (Å²) in [6.45, 7) is 3.68. The highest BCUT2D eigenvalue weighted by atomic mass is 19.1. The zero-order chi connectivity index (χ0) is 24.8. The fraction of sp³-hybridized carbons (Fsp3) is 0.120.